The van der Waals surface area contributed by atoms with Crippen molar-refractivity contribution >= 4 is 21.6 Å². The molecule has 14 heavy (non-hydrogen) atoms. The Balaban J connectivity index is 2.78. The summed E-state index contributed by atoms with van der Waals surface area (Å²) in [5, 5.41) is 19.8. The van der Waals surface area contributed by atoms with Crippen molar-refractivity contribution in [3.05, 3.63) is 24.0 Å². The maximum Gasteiger partial charge on any atom is 0.124 e. The molecule has 0 saturated carbocycles. The highest BCUT2D eigenvalue weighted by Crippen LogP contribution is 2.22. The van der Waals surface area contributed by atoms with Crippen LogP contribution in [0.4, 0.5) is 5.69 Å². The van der Waals surface area contributed by atoms with Gasteiger partial charge in [0.1, 0.15) is 6.10 Å². The lowest BCUT2D eigenvalue weighted by Crippen LogP contribution is -2.20. The number of aromatic nitrogens is 1. The third kappa shape index (κ3) is 2.67. The molecule has 1 aromatic heterocycles. The van der Waals surface area contributed by atoms with Gasteiger partial charge in [0.05, 0.1) is 17.5 Å². The fraction of sp³-hybridized carbons (Fsp3) is 0.444. The van der Waals surface area contributed by atoms with E-state index in [0.717, 1.165) is 0 Å². The van der Waals surface area contributed by atoms with E-state index in [1.165, 1.54) is 6.20 Å². The normalized spacial score (nSPS) is 15.1. The standard InChI is InChI=1S/C9H13BrN2O2/c10-4-3-7(13)9(14)8-6(11)2-1-5-12-8/h1-2,5,7,9,13-14H,3-4,11H2. The summed E-state index contributed by atoms with van der Waals surface area (Å²) in [5.41, 5.74) is 6.34. The molecule has 1 heterocycles. The highest BCUT2D eigenvalue weighted by Gasteiger charge is 2.20. The minimum atomic E-state index is -1.02. The molecule has 2 unspecified atom stereocenters. The van der Waals surface area contributed by atoms with E-state index in [0.29, 0.717) is 23.1 Å². The van der Waals surface area contributed by atoms with E-state index in [1.54, 1.807) is 12.1 Å². The molecule has 78 valence electrons. The number of nitrogens with two attached hydrogens (primary N) is 1. The van der Waals surface area contributed by atoms with Gasteiger partial charge in [-0.25, -0.2) is 0 Å². The number of halogens is 1. The van der Waals surface area contributed by atoms with Crippen LogP contribution in [0.2, 0.25) is 0 Å². The monoisotopic (exact) mass is 260 g/mol. The highest BCUT2D eigenvalue weighted by atomic mass is 79.9. The quantitative estimate of drug-likeness (QED) is 0.702. The first kappa shape index (κ1) is 11.4. The van der Waals surface area contributed by atoms with Gasteiger partial charge >= 0.3 is 0 Å². The van der Waals surface area contributed by atoms with Crippen molar-refractivity contribution in [3.8, 4) is 0 Å². The smallest absolute Gasteiger partial charge is 0.124 e. The molecule has 0 radical (unpaired) electrons. The molecule has 2 atom stereocenters. The Morgan fingerprint density at radius 2 is 2.21 bits per heavy atom. The number of hydrogen-bond donors (Lipinski definition) is 3. The largest absolute Gasteiger partial charge is 0.397 e. The first-order chi connectivity index (χ1) is 6.66. The summed E-state index contributed by atoms with van der Waals surface area (Å²) in [5.74, 6) is 0. The number of nitrogens with zero attached hydrogens (tertiary/aromatic N) is 1. The zero-order valence-electron chi connectivity index (χ0n) is 7.60. The highest BCUT2D eigenvalue weighted by molar-refractivity contribution is 9.09. The van der Waals surface area contributed by atoms with Gasteiger partial charge in [-0.15, -0.1) is 0 Å². The molecule has 0 aromatic carbocycles. The van der Waals surface area contributed by atoms with Crippen molar-refractivity contribution < 1.29 is 10.2 Å². The van der Waals surface area contributed by atoms with Crippen LogP contribution in [0.1, 0.15) is 18.2 Å². The Morgan fingerprint density at radius 3 is 2.79 bits per heavy atom. The molecule has 1 rings (SSSR count). The lowest BCUT2D eigenvalue weighted by molar-refractivity contribution is 0.0153. The molecule has 0 aliphatic carbocycles. The van der Waals surface area contributed by atoms with E-state index in [1.807, 2.05) is 0 Å². The Labute approximate surface area is 90.9 Å². The van der Waals surface area contributed by atoms with E-state index in [-0.39, 0.29) is 0 Å². The minimum Gasteiger partial charge on any atom is -0.397 e. The first-order valence-electron chi connectivity index (χ1n) is 4.29. The molecule has 0 amide bonds. The number of alkyl halides is 1. The van der Waals surface area contributed by atoms with Gasteiger partial charge in [0, 0.05) is 11.5 Å². The van der Waals surface area contributed by atoms with Crippen molar-refractivity contribution in [2.75, 3.05) is 11.1 Å². The maximum absolute atomic E-state index is 9.69. The number of aliphatic hydroxyl groups is 2. The topological polar surface area (TPSA) is 79.4 Å². The average molecular weight is 261 g/mol. The molecule has 0 aliphatic heterocycles. The first-order valence-corrected chi connectivity index (χ1v) is 5.41. The summed E-state index contributed by atoms with van der Waals surface area (Å²) in [6.07, 6.45) is 0.132. The molecule has 0 saturated heterocycles. The number of aliphatic hydroxyl groups excluding tert-OH is 2. The van der Waals surface area contributed by atoms with Crippen molar-refractivity contribution in [1.29, 1.82) is 0 Å². The fourth-order valence-corrected chi connectivity index (χ4v) is 1.60. The van der Waals surface area contributed by atoms with Gasteiger partial charge in [0.25, 0.3) is 0 Å². The maximum atomic E-state index is 9.69. The van der Waals surface area contributed by atoms with Crippen LogP contribution in [0.15, 0.2) is 18.3 Å². The van der Waals surface area contributed by atoms with E-state index in [9.17, 15) is 10.2 Å². The lowest BCUT2D eigenvalue weighted by atomic mass is 10.1. The third-order valence-electron chi connectivity index (χ3n) is 1.92. The van der Waals surface area contributed by atoms with Gasteiger partial charge in [-0.1, -0.05) is 15.9 Å². The zero-order valence-corrected chi connectivity index (χ0v) is 9.18. The second-order valence-electron chi connectivity index (χ2n) is 2.97. The fourth-order valence-electron chi connectivity index (χ4n) is 1.13. The van der Waals surface area contributed by atoms with E-state index < -0.39 is 12.2 Å². The van der Waals surface area contributed by atoms with Crippen molar-refractivity contribution in [2.24, 2.45) is 0 Å². The number of nitrogen functional groups attached to an aromatic ring is 1. The summed E-state index contributed by atoms with van der Waals surface area (Å²) in [4.78, 5) is 3.93. The van der Waals surface area contributed by atoms with Crippen molar-refractivity contribution in [2.45, 2.75) is 18.6 Å². The zero-order chi connectivity index (χ0) is 10.6. The summed E-state index contributed by atoms with van der Waals surface area (Å²) in [7, 11) is 0. The molecule has 0 spiro atoms. The summed E-state index contributed by atoms with van der Waals surface area (Å²) in [6, 6.07) is 3.33. The van der Waals surface area contributed by atoms with Crippen LogP contribution in [-0.4, -0.2) is 26.6 Å². The Morgan fingerprint density at radius 1 is 1.50 bits per heavy atom. The Bertz CT molecular complexity index is 296. The van der Waals surface area contributed by atoms with Crippen LogP contribution < -0.4 is 5.73 Å². The van der Waals surface area contributed by atoms with Crippen LogP contribution >= 0.6 is 15.9 Å². The molecule has 0 fully saturated rings. The van der Waals surface area contributed by atoms with Crippen LogP contribution in [-0.2, 0) is 0 Å². The molecule has 4 nitrogen and oxygen atoms in total. The van der Waals surface area contributed by atoms with E-state index in [2.05, 4.69) is 20.9 Å². The SMILES string of the molecule is Nc1cccnc1C(O)C(O)CCBr. The summed E-state index contributed by atoms with van der Waals surface area (Å²) < 4.78 is 0. The predicted octanol–water partition coefficient (Wildman–Crippen LogP) is 0.843. The van der Waals surface area contributed by atoms with Gasteiger partial charge in [0.15, 0.2) is 0 Å². The average Bonchev–Trinajstić information content (AvgIpc) is 2.18. The lowest BCUT2D eigenvalue weighted by Gasteiger charge is -2.17. The second-order valence-corrected chi connectivity index (χ2v) is 3.76. The van der Waals surface area contributed by atoms with Crippen LogP contribution in [0.25, 0.3) is 0 Å². The van der Waals surface area contributed by atoms with Gasteiger partial charge < -0.3 is 15.9 Å². The second kappa shape index (κ2) is 5.29. The van der Waals surface area contributed by atoms with Gasteiger partial charge in [-0.05, 0) is 18.6 Å². The van der Waals surface area contributed by atoms with Crippen molar-refractivity contribution in [1.82, 2.24) is 4.98 Å². The molecular formula is C9H13BrN2O2. The van der Waals surface area contributed by atoms with Gasteiger partial charge in [-0.3, -0.25) is 4.98 Å². The predicted molar refractivity (Wildman–Crippen MR) is 58.0 cm³/mol. The van der Waals surface area contributed by atoms with Crippen LogP contribution in [0.3, 0.4) is 0 Å². The molecule has 4 N–H and O–H groups in total. The number of pyridine rings is 1. The van der Waals surface area contributed by atoms with Gasteiger partial charge in [-0.2, -0.15) is 0 Å². The molecular weight excluding hydrogens is 248 g/mol. The van der Waals surface area contributed by atoms with Crippen molar-refractivity contribution in [3.63, 3.8) is 0 Å². The van der Waals surface area contributed by atoms with Gasteiger partial charge in [0.2, 0.25) is 0 Å². The number of anilines is 1. The minimum absolute atomic E-state index is 0.334. The number of rotatable bonds is 4. The number of hydrogen-bond acceptors (Lipinski definition) is 4. The molecule has 5 heteroatoms. The Hall–Kier alpha value is -0.650. The van der Waals surface area contributed by atoms with E-state index >= 15 is 0 Å². The third-order valence-corrected chi connectivity index (χ3v) is 2.38. The molecule has 0 aliphatic rings. The van der Waals surface area contributed by atoms with Crippen LogP contribution in [0, 0.1) is 0 Å². The molecule has 0 bridgehead atoms. The van der Waals surface area contributed by atoms with E-state index in [4.69, 9.17) is 5.73 Å². The summed E-state index contributed by atoms with van der Waals surface area (Å²) in [6.45, 7) is 0. The molecule has 1 aromatic rings. The van der Waals surface area contributed by atoms with Crippen LogP contribution in [0.5, 0.6) is 0 Å². The summed E-state index contributed by atoms with van der Waals surface area (Å²) >= 11 is 3.19. The Kier molecular flexibility index (Phi) is 4.31.